The molecule has 5 heteroatoms. The van der Waals surface area contributed by atoms with E-state index in [0.717, 1.165) is 11.3 Å². The lowest BCUT2D eigenvalue weighted by Crippen LogP contribution is -2.36. The van der Waals surface area contributed by atoms with Crippen molar-refractivity contribution in [3.05, 3.63) is 29.8 Å². The average molecular weight is 293 g/mol. The van der Waals surface area contributed by atoms with Crippen LogP contribution in [-0.4, -0.2) is 29.6 Å². The highest BCUT2D eigenvalue weighted by Crippen LogP contribution is 2.12. The summed E-state index contributed by atoms with van der Waals surface area (Å²) in [5, 5.41) is 11.3. The predicted octanol–water partition coefficient (Wildman–Crippen LogP) is 2.52. The summed E-state index contributed by atoms with van der Waals surface area (Å²) < 4.78 is 5.61. The topological polar surface area (TPSA) is 75.6 Å². The van der Waals surface area contributed by atoms with E-state index in [2.05, 4.69) is 5.32 Å². The summed E-state index contributed by atoms with van der Waals surface area (Å²) in [6.45, 7) is 4.28. The van der Waals surface area contributed by atoms with Gasteiger partial charge in [0.2, 0.25) is 5.91 Å². The standard InChI is InChI=1S/C16H23NO4/c1-12-6-5-7-14(10-12)21-11-13(2)17-15(18)8-3-4-9-16(19)20/h5-7,10,13H,3-4,8-9,11H2,1-2H3,(H,17,18)(H,19,20). The summed E-state index contributed by atoms with van der Waals surface area (Å²) >= 11 is 0. The highest BCUT2D eigenvalue weighted by molar-refractivity contribution is 5.76. The molecule has 0 aliphatic heterocycles. The highest BCUT2D eigenvalue weighted by atomic mass is 16.5. The van der Waals surface area contributed by atoms with Crippen LogP contribution in [0.4, 0.5) is 0 Å². The summed E-state index contributed by atoms with van der Waals surface area (Å²) in [5.74, 6) is -0.103. The zero-order valence-corrected chi connectivity index (χ0v) is 12.6. The largest absolute Gasteiger partial charge is 0.491 e. The van der Waals surface area contributed by atoms with Gasteiger partial charge in [0.1, 0.15) is 12.4 Å². The minimum Gasteiger partial charge on any atom is -0.491 e. The van der Waals surface area contributed by atoms with Gasteiger partial charge in [0.05, 0.1) is 6.04 Å². The Kier molecular flexibility index (Phi) is 7.29. The van der Waals surface area contributed by atoms with Gasteiger partial charge in [-0.05, 0) is 44.4 Å². The quantitative estimate of drug-likeness (QED) is 0.686. The van der Waals surface area contributed by atoms with E-state index < -0.39 is 5.97 Å². The fraction of sp³-hybridized carbons (Fsp3) is 0.500. The van der Waals surface area contributed by atoms with Crippen molar-refractivity contribution in [3.8, 4) is 5.75 Å². The number of hydrogen-bond acceptors (Lipinski definition) is 3. The van der Waals surface area contributed by atoms with Gasteiger partial charge in [-0.1, -0.05) is 12.1 Å². The van der Waals surface area contributed by atoms with Gasteiger partial charge in [-0.15, -0.1) is 0 Å². The molecular weight excluding hydrogens is 270 g/mol. The van der Waals surface area contributed by atoms with Crippen molar-refractivity contribution in [1.82, 2.24) is 5.32 Å². The first-order valence-electron chi connectivity index (χ1n) is 7.18. The van der Waals surface area contributed by atoms with Crippen molar-refractivity contribution in [3.63, 3.8) is 0 Å². The zero-order valence-electron chi connectivity index (χ0n) is 12.6. The third-order valence-corrected chi connectivity index (χ3v) is 2.94. The summed E-state index contributed by atoms with van der Waals surface area (Å²) in [5.41, 5.74) is 1.13. The fourth-order valence-electron chi connectivity index (χ4n) is 1.88. The number of hydrogen-bond donors (Lipinski definition) is 2. The van der Waals surface area contributed by atoms with E-state index in [9.17, 15) is 9.59 Å². The molecular formula is C16H23NO4. The molecule has 1 atom stereocenters. The monoisotopic (exact) mass is 293 g/mol. The summed E-state index contributed by atoms with van der Waals surface area (Å²) in [6, 6.07) is 7.66. The molecule has 2 N–H and O–H groups in total. The van der Waals surface area contributed by atoms with Crippen molar-refractivity contribution < 1.29 is 19.4 Å². The number of carbonyl (C=O) groups is 2. The molecule has 0 saturated heterocycles. The van der Waals surface area contributed by atoms with Crippen LogP contribution >= 0.6 is 0 Å². The Labute approximate surface area is 125 Å². The van der Waals surface area contributed by atoms with E-state index in [1.807, 2.05) is 38.1 Å². The molecule has 0 heterocycles. The molecule has 116 valence electrons. The third kappa shape index (κ3) is 7.97. The van der Waals surface area contributed by atoms with Crippen LogP contribution in [0.2, 0.25) is 0 Å². The number of benzene rings is 1. The average Bonchev–Trinajstić information content (AvgIpc) is 2.41. The summed E-state index contributed by atoms with van der Waals surface area (Å²) in [6.07, 6.45) is 1.57. The van der Waals surface area contributed by atoms with Crippen LogP contribution in [0.3, 0.4) is 0 Å². The third-order valence-electron chi connectivity index (χ3n) is 2.94. The normalized spacial score (nSPS) is 11.7. The Bertz CT molecular complexity index is 473. The second-order valence-corrected chi connectivity index (χ2v) is 5.20. The van der Waals surface area contributed by atoms with Crippen molar-refractivity contribution in [2.75, 3.05) is 6.61 Å². The number of carbonyl (C=O) groups excluding carboxylic acids is 1. The van der Waals surface area contributed by atoms with E-state index in [0.29, 0.717) is 25.9 Å². The highest BCUT2D eigenvalue weighted by Gasteiger charge is 2.08. The molecule has 0 saturated carbocycles. The van der Waals surface area contributed by atoms with Gasteiger partial charge in [-0.2, -0.15) is 0 Å². The van der Waals surface area contributed by atoms with E-state index in [1.165, 1.54) is 0 Å². The summed E-state index contributed by atoms with van der Waals surface area (Å²) in [7, 11) is 0. The second kappa shape index (κ2) is 9.00. The van der Waals surface area contributed by atoms with Gasteiger partial charge >= 0.3 is 5.97 Å². The molecule has 1 rings (SSSR count). The van der Waals surface area contributed by atoms with Crippen LogP contribution in [0.1, 0.15) is 38.2 Å². The van der Waals surface area contributed by atoms with Crippen molar-refractivity contribution in [1.29, 1.82) is 0 Å². The molecule has 21 heavy (non-hydrogen) atoms. The van der Waals surface area contributed by atoms with Gasteiger partial charge in [0, 0.05) is 12.8 Å². The number of carboxylic acids is 1. The SMILES string of the molecule is Cc1cccc(OCC(C)NC(=O)CCCCC(=O)O)c1. The number of carboxylic acid groups (broad SMARTS) is 1. The van der Waals surface area contributed by atoms with E-state index in [-0.39, 0.29) is 18.4 Å². The number of aryl methyl sites for hydroxylation is 1. The van der Waals surface area contributed by atoms with Crippen LogP contribution in [0.5, 0.6) is 5.75 Å². The van der Waals surface area contributed by atoms with E-state index in [4.69, 9.17) is 9.84 Å². The van der Waals surface area contributed by atoms with Gasteiger partial charge in [0.15, 0.2) is 0 Å². The van der Waals surface area contributed by atoms with Crippen LogP contribution < -0.4 is 10.1 Å². The number of unbranched alkanes of at least 4 members (excludes halogenated alkanes) is 1. The lowest BCUT2D eigenvalue weighted by atomic mass is 10.2. The number of nitrogens with one attached hydrogen (secondary N) is 1. The maximum absolute atomic E-state index is 11.6. The van der Waals surface area contributed by atoms with Crippen LogP contribution in [0.25, 0.3) is 0 Å². The number of ether oxygens (including phenoxy) is 1. The first-order chi connectivity index (χ1) is 9.97. The van der Waals surface area contributed by atoms with Gasteiger partial charge < -0.3 is 15.2 Å². The number of amides is 1. The van der Waals surface area contributed by atoms with Gasteiger partial charge in [0.25, 0.3) is 0 Å². The Morgan fingerprint density at radius 3 is 2.67 bits per heavy atom. The minimum absolute atomic E-state index is 0.0688. The Morgan fingerprint density at radius 2 is 2.00 bits per heavy atom. The first kappa shape index (κ1) is 17.0. The van der Waals surface area contributed by atoms with Crippen LogP contribution in [0.15, 0.2) is 24.3 Å². The molecule has 0 fully saturated rings. The van der Waals surface area contributed by atoms with Crippen LogP contribution in [-0.2, 0) is 9.59 Å². The van der Waals surface area contributed by atoms with Crippen LogP contribution in [0, 0.1) is 6.92 Å². The number of aliphatic carboxylic acids is 1. The Hall–Kier alpha value is -2.04. The van der Waals surface area contributed by atoms with Gasteiger partial charge in [-0.3, -0.25) is 9.59 Å². The van der Waals surface area contributed by atoms with E-state index in [1.54, 1.807) is 0 Å². The maximum Gasteiger partial charge on any atom is 0.303 e. The van der Waals surface area contributed by atoms with Crippen molar-refractivity contribution in [2.24, 2.45) is 0 Å². The van der Waals surface area contributed by atoms with Gasteiger partial charge in [-0.25, -0.2) is 0 Å². The molecule has 0 aliphatic carbocycles. The molecule has 1 amide bonds. The molecule has 1 aromatic rings. The Balaban J connectivity index is 2.19. The molecule has 0 radical (unpaired) electrons. The minimum atomic E-state index is -0.824. The molecule has 0 aliphatic rings. The predicted molar refractivity (Wildman–Crippen MR) is 80.4 cm³/mol. The zero-order chi connectivity index (χ0) is 15.7. The molecule has 1 aromatic carbocycles. The maximum atomic E-state index is 11.6. The summed E-state index contributed by atoms with van der Waals surface area (Å²) in [4.78, 5) is 22.0. The van der Waals surface area contributed by atoms with Crippen molar-refractivity contribution in [2.45, 2.75) is 45.6 Å². The smallest absolute Gasteiger partial charge is 0.303 e. The van der Waals surface area contributed by atoms with Crippen molar-refractivity contribution >= 4 is 11.9 Å². The second-order valence-electron chi connectivity index (χ2n) is 5.20. The molecule has 5 nitrogen and oxygen atoms in total. The lowest BCUT2D eigenvalue weighted by molar-refractivity contribution is -0.137. The molecule has 0 aromatic heterocycles. The molecule has 0 spiro atoms. The van der Waals surface area contributed by atoms with E-state index >= 15 is 0 Å². The molecule has 1 unspecified atom stereocenters. The Morgan fingerprint density at radius 1 is 1.29 bits per heavy atom. The fourth-order valence-corrected chi connectivity index (χ4v) is 1.88. The lowest BCUT2D eigenvalue weighted by Gasteiger charge is -2.15. The first-order valence-corrected chi connectivity index (χ1v) is 7.18. The molecule has 0 bridgehead atoms. The number of rotatable bonds is 9.